The van der Waals surface area contributed by atoms with Crippen LogP contribution in [0.4, 0.5) is 5.69 Å². The van der Waals surface area contributed by atoms with E-state index in [2.05, 4.69) is 10.3 Å². The first-order valence-corrected chi connectivity index (χ1v) is 6.66. The van der Waals surface area contributed by atoms with Gasteiger partial charge < -0.3 is 15.0 Å². The van der Waals surface area contributed by atoms with Crippen molar-refractivity contribution in [2.24, 2.45) is 5.92 Å². The van der Waals surface area contributed by atoms with Crippen molar-refractivity contribution >= 4 is 11.6 Å². The molecule has 0 bridgehead atoms. The average molecular weight is 263 g/mol. The van der Waals surface area contributed by atoms with Crippen molar-refractivity contribution in [1.82, 2.24) is 9.88 Å². The van der Waals surface area contributed by atoms with Crippen LogP contribution in [0.2, 0.25) is 0 Å². The third-order valence-electron chi connectivity index (χ3n) is 3.29. The Kier molecular flexibility index (Phi) is 4.74. The monoisotopic (exact) mass is 263 g/mol. The normalized spacial score (nSPS) is 18.3. The maximum absolute atomic E-state index is 11.8. The fourth-order valence-corrected chi connectivity index (χ4v) is 2.12. The largest absolute Gasteiger partial charge is 0.385 e. The molecule has 2 rings (SSSR count). The predicted octanol–water partition coefficient (Wildman–Crippen LogP) is 1.62. The van der Waals surface area contributed by atoms with Gasteiger partial charge in [0.1, 0.15) is 5.69 Å². The van der Waals surface area contributed by atoms with Gasteiger partial charge in [-0.3, -0.25) is 9.78 Å². The van der Waals surface area contributed by atoms with Crippen molar-refractivity contribution in [2.75, 3.05) is 39.2 Å². The van der Waals surface area contributed by atoms with Crippen LogP contribution in [0.5, 0.6) is 0 Å². The number of anilines is 1. The minimum absolute atomic E-state index is 0.0761. The summed E-state index contributed by atoms with van der Waals surface area (Å²) in [4.78, 5) is 17.4. The minimum atomic E-state index is -0.0761. The first-order valence-electron chi connectivity index (χ1n) is 6.66. The Bertz CT molecular complexity index is 428. The van der Waals surface area contributed by atoms with E-state index >= 15 is 0 Å². The molecule has 1 amide bonds. The highest BCUT2D eigenvalue weighted by Gasteiger charge is 2.15. The minimum Gasteiger partial charge on any atom is -0.385 e. The van der Waals surface area contributed by atoms with Crippen LogP contribution in [0.3, 0.4) is 0 Å². The Morgan fingerprint density at radius 2 is 2.42 bits per heavy atom. The second-order valence-corrected chi connectivity index (χ2v) is 5.07. The summed E-state index contributed by atoms with van der Waals surface area (Å²) in [5.74, 6) is 0.588. The van der Waals surface area contributed by atoms with Gasteiger partial charge in [0.2, 0.25) is 0 Å². The maximum atomic E-state index is 11.8. The summed E-state index contributed by atoms with van der Waals surface area (Å²) in [6.07, 6.45) is 3.92. The molecule has 1 saturated heterocycles. The number of ether oxygens (including phenoxy) is 1. The smallest absolute Gasteiger partial charge is 0.272 e. The van der Waals surface area contributed by atoms with E-state index in [9.17, 15) is 4.79 Å². The highest BCUT2D eigenvalue weighted by Crippen LogP contribution is 2.17. The van der Waals surface area contributed by atoms with Gasteiger partial charge in [-0.25, -0.2) is 0 Å². The van der Waals surface area contributed by atoms with Gasteiger partial charge in [0.25, 0.3) is 5.91 Å². The number of nitrogens with one attached hydrogen (secondary N) is 1. The lowest BCUT2D eigenvalue weighted by Gasteiger charge is -2.12. The quantitative estimate of drug-likeness (QED) is 0.877. The Morgan fingerprint density at radius 3 is 3.11 bits per heavy atom. The first-order chi connectivity index (χ1) is 9.16. The molecule has 104 valence electrons. The van der Waals surface area contributed by atoms with Gasteiger partial charge in [0, 0.05) is 45.7 Å². The predicted molar refractivity (Wildman–Crippen MR) is 74.3 cm³/mol. The van der Waals surface area contributed by atoms with Crippen molar-refractivity contribution in [3.8, 4) is 0 Å². The summed E-state index contributed by atoms with van der Waals surface area (Å²) in [7, 11) is 3.45. The molecule has 2 heterocycles. The zero-order chi connectivity index (χ0) is 13.7. The van der Waals surface area contributed by atoms with E-state index in [4.69, 9.17) is 4.74 Å². The van der Waals surface area contributed by atoms with Crippen molar-refractivity contribution in [1.29, 1.82) is 0 Å². The fourth-order valence-electron chi connectivity index (χ4n) is 2.12. The topological polar surface area (TPSA) is 54.5 Å². The molecule has 1 unspecified atom stereocenters. The molecule has 0 saturated carbocycles. The van der Waals surface area contributed by atoms with Crippen molar-refractivity contribution in [3.05, 3.63) is 24.0 Å². The number of pyridine rings is 1. The molecule has 1 fully saturated rings. The number of aromatic nitrogens is 1. The van der Waals surface area contributed by atoms with E-state index in [0.29, 0.717) is 11.6 Å². The van der Waals surface area contributed by atoms with E-state index in [1.54, 1.807) is 26.4 Å². The van der Waals surface area contributed by atoms with E-state index in [-0.39, 0.29) is 5.91 Å². The lowest BCUT2D eigenvalue weighted by atomic mass is 10.1. The molecule has 1 atom stereocenters. The molecule has 1 aromatic heterocycles. The third-order valence-corrected chi connectivity index (χ3v) is 3.29. The lowest BCUT2D eigenvalue weighted by Crippen LogP contribution is -2.22. The molecule has 0 spiro atoms. The van der Waals surface area contributed by atoms with Crippen LogP contribution in [0.1, 0.15) is 23.3 Å². The molecule has 1 aliphatic heterocycles. The Labute approximate surface area is 114 Å². The fraction of sp³-hybridized carbons (Fsp3) is 0.571. The molecular weight excluding hydrogens is 242 g/mol. The second kappa shape index (κ2) is 6.52. The number of amides is 1. The summed E-state index contributed by atoms with van der Waals surface area (Å²) in [6.45, 7) is 2.66. The van der Waals surface area contributed by atoms with Gasteiger partial charge in [-0.2, -0.15) is 0 Å². The van der Waals surface area contributed by atoms with Crippen molar-refractivity contribution in [2.45, 2.75) is 12.8 Å². The highest BCUT2D eigenvalue weighted by atomic mass is 16.5. The Hall–Kier alpha value is -1.62. The van der Waals surface area contributed by atoms with Crippen LogP contribution in [0.25, 0.3) is 0 Å². The number of hydrogen-bond acceptors (Lipinski definition) is 4. The van der Waals surface area contributed by atoms with Crippen LogP contribution in [-0.4, -0.2) is 49.6 Å². The third kappa shape index (κ3) is 3.92. The van der Waals surface area contributed by atoms with Crippen LogP contribution in [-0.2, 0) is 4.74 Å². The van der Waals surface area contributed by atoms with Crippen LogP contribution >= 0.6 is 0 Å². The molecule has 19 heavy (non-hydrogen) atoms. The number of carbonyl (C=O) groups is 1. The second-order valence-electron chi connectivity index (χ2n) is 5.07. The van der Waals surface area contributed by atoms with Crippen LogP contribution in [0, 0.1) is 5.92 Å². The highest BCUT2D eigenvalue weighted by molar-refractivity contribution is 5.92. The summed E-state index contributed by atoms with van der Waals surface area (Å²) in [5.41, 5.74) is 1.42. The van der Waals surface area contributed by atoms with E-state index in [1.807, 2.05) is 6.07 Å². The molecule has 5 heteroatoms. The molecule has 1 aromatic rings. The lowest BCUT2D eigenvalue weighted by molar-refractivity contribution is 0.0822. The van der Waals surface area contributed by atoms with Gasteiger partial charge >= 0.3 is 0 Å². The number of hydrogen-bond donors (Lipinski definition) is 1. The maximum Gasteiger partial charge on any atom is 0.272 e. The zero-order valence-corrected chi connectivity index (χ0v) is 11.6. The summed E-state index contributed by atoms with van der Waals surface area (Å²) >= 11 is 0. The van der Waals surface area contributed by atoms with E-state index in [0.717, 1.165) is 38.3 Å². The number of rotatable bonds is 5. The Balaban J connectivity index is 1.86. The molecule has 5 nitrogen and oxygen atoms in total. The SMILES string of the molecule is CN(C)C(=O)c1cc(NCCC2CCOC2)ccn1. The molecule has 0 aromatic carbocycles. The first kappa shape index (κ1) is 13.8. The van der Waals surface area contributed by atoms with E-state index in [1.165, 1.54) is 4.90 Å². The zero-order valence-electron chi connectivity index (χ0n) is 11.6. The molecule has 1 N–H and O–H groups in total. The van der Waals surface area contributed by atoms with Crippen molar-refractivity contribution in [3.63, 3.8) is 0 Å². The van der Waals surface area contributed by atoms with E-state index < -0.39 is 0 Å². The number of nitrogens with zero attached hydrogens (tertiary/aromatic N) is 2. The van der Waals surface area contributed by atoms with Crippen molar-refractivity contribution < 1.29 is 9.53 Å². The average Bonchev–Trinajstić information content (AvgIpc) is 2.91. The number of carbonyl (C=O) groups excluding carboxylic acids is 1. The van der Waals surface area contributed by atoms with Crippen LogP contribution < -0.4 is 5.32 Å². The Morgan fingerprint density at radius 1 is 1.58 bits per heavy atom. The summed E-state index contributed by atoms with van der Waals surface area (Å²) in [5, 5.41) is 3.34. The molecule has 0 radical (unpaired) electrons. The van der Waals surface area contributed by atoms with Gasteiger partial charge in [0.15, 0.2) is 0 Å². The molecule has 0 aliphatic carbocycles. The van der Waals surface area contributed by atoms with Gasteiger partial charge in [-0.05, 0) is 30.9 Å². The standard InChI is InChI=1S/C14H21N3O2/c1-17(2)14(18)13-9-12(4-7-16-13)15-6-3-11-5-8-19-10-11/h4,7,9,11H,3,5-6,8,10H2,1-2H3,(H,15,16). The summed E-state index contributed by atoms with van der Waals surface area (Å²) < 4.78 is 5.35. The van der Waals surface area contributed by atoms with Gasteiger partial charge in [-0.15, -0.1) is 0 Å². The van der Waals surface area contributed by atoms with Crippen LogP contribution in [0.15, 0.2) is 18.3 Å². The molecule has 1 aliphatic rings. The molecular formula is C14H21N3O2. The van der Waals surface area contributed by atoms with Gasteiger partial charge in [0.05, 0.1) is 0 Å². The summed E-state index contributed by atoms with van der Waals surface area (Å²) in [6, 6.07) is 3.69. The van der Waals surface area contributed by atoms with Gasteiger partial charge in [-0.1, -0.05) is 0 Å².